The fourth-order valence-corrected chi connectivity index (χ4v) is 2.68. The Morgan fingerprint density at radius 3 is 2.58 bits per heavy atom. The lowest BCUT2D eigenvalue weighted by molar-refractivity contribution is -0.139. The number of rotatable bonds is 3. The number of amides is 1. The fraction of sp³-hybridized carbons (Fsp3) is 0.462. The van der Waals surface area contributed by atoms with Crippen molar-refractivity contribution < 1.29 is 18.0 Å². The summed E-state index contributed by atoms with van der Waals surface area (Å²) in [5.41, 5.74) is -0.510. The van der Waals surface area contributed by atoms with Crippen LogP contribution in [0.1, 0.15) is 17.5 Å². The molecule has 2 rings (SSSR count). The molecule has 1 unspecified atom stereocenters. The zero-order chi connectivity index (χ0) is 14.0. The Balaban J connectivity index is 2.18. The van der Waals surface area contributed by atoms with E-state index in [1.807, 2.05) is 0 Å². The van der Waals surface area contributed by atoms with Gasteiger partial charge in [-0.1, -0.05) is 34.1 Å². The number of halogens is 4. The van der Waals surface area contributed by atoms with E-state index in [1.165, 1.54) is 17.0 Å². The summed E-state index contributed by atoms with van der Waals surface area (Å²) < 4.78 is 38.6. The summed E-state index contributed by atoms with van der Waals surface area (Å²) in [6, 6.07) is 5.40. The maximum Gasteiger partial charge on any atom is 0.416 e. The topological polar surface area (TPSA) is 20.3 Å². The van der Waals surface area contributed by atoms with Crippen molar-refractivity contribution >= 4 is 21.8 Å². The standard InChI is InChI=1S/C13H13BrF3NO/c14-6-9-5-12(19)18(7-9)8-10-3-1-2-4-11(10)13(15,16)17/h1-4,9H,5-8H2. The molecule has 1 aromatic rings. The molecule has 0 saturated carbocycles. The molecule has 1 heterocycles. The molecule has 0 spiro atoms. The first-order chi connectivity index (χ1) is 8.91. The fourth-order valence-electron chi connectivity index (χ4n) is 2.25. The number of nitrogens with zero attached hydrogens (tertiary/aromatic N) is 1. The van der Waals surface area contributed by atoms with Gasteiger partial charge >= 0.3 is 6.18 Å². The lowest BCUT2D eigenvalue weighted by atomic mass is 10.1. The van der Waals surface area contributed by atoms with Gasteiger partial charge in [-0.3, -0.25) is 4.79 Å². The number of benzene rings is 1. The largest absolute Gasteiger partial charge is 0.416 e. The number of hydrogen-bond donors (Lipinski definition) is 0. The van der Waals surface area contributed by atoms with Crippen molar-refractivity contribution in [1.29, 1.82) is 0 Å². The number of carbonyl (C=O) groups is 1. The minimum Gasteiger partial charge on any atom is -0.338 e. The van der Waals surface area contributed by atoms with Gasteiger partial charge < -0.3 is 4.90 Å². The van der Waals surface area contributed by atoms with Crippen molar-refractivity contribution in [2.24, 2.45) is 5.92 Å². The van der Waals surface area contributed by atoms with Crippen LogP contribution in [-0.2, 0) is 17.5 Å². The van der Waals surface area contributed by atoms with E-state index in [2.05, 4.69) is 15.9 Å². The van der Waals surface area contributed by atoms with Crippen LogP contribution in [0.3, 0.4) is 0 Å². The lowest BCUT2D eigenvalue weighted by Gasteiger charge is -2.19. The van der Waals surface area contributed by atoms with Crippen LogP contribution in [0.5, 0.6) is 0 Å². The minimum absolute atomic E-state index is 0.0258. The molecule has 6 heteroatoms. The summed E-state index contributed by atoms with van der Waals surface area (Å²) in [5, 5.41) is 0.691. The van der Waals surface area contributed by atoms with Gasteiger partial charge in [0.1, 0.15) is 0 Å². The normalized spacial score (nSPS) is 20.1. The summed E-state index contributed by atoms with van der Waals surface area (Å²) in [7, 11) is 0. The molecule has 0 N–H and O–H groups in total. The summed E-state index contributed by atoms with van der Waals surface area (Å²) >= 11 is 3.30. The second-order valence-electron chi connectivity index (χ2n) is 4.65. The molecule has 1 atom stereocenters. The average molecular weight is 336 g/mol. The predicted octanol–water partition coefficient (Wildman–Crippen LogP) is 3.45. The first kappa shape index (κ1) is 14.4. The summed E-state index contributed by atoms with van der Waals surface area (Å²) in [4.78, 5) is 13.2. The predicted molar refractivity (Wildman–Crippen MR) is 68.8 cm³/mol. The molecule has 1 fully saturated rings. The van der Waals surface area contributed by atoms with Crippen LogP contribution in [0.25, 0.3) is 0 Å². The Morgan fingerprint density at radius 1 is 1.32 bits per heavy atom. The van der Waals surface area contributed by atoms with Crippen molar-refractivity contribution in [3.8, 4) is 0 Å². The van der Waals surface area contributed by atoms with E-state index in [9.17, 15) is 18.0 Å². The van der Waals surface area contributed by atoms with Crippen LogP contribution < -0.4 is 0 Å². The molecular weight excluding hydrogens is 323 g/mol. The van der Waals surface area contributed by atoms with E-state index in [0.29, 0.717) is 18.3 Å². The molecular formula is C13H13BrF3NO. The third kappa shape index (κ3) is 3.29. The Hall–Kier alpha value is -1.04. The van der Waals surface area contributed by atoms with Gasteiger partial charge in [-0.25, -0.2) is 0 Å². The summed E-state index contributed by atoms with van der Waals surface area (Å²) in [5.74, 6) is 0.104. The van der Waals surface area contributed by atoms with Crippen molar-refractivity contribution in [2.75, 3.05) is 11.9 Å². The zero-order valence-electron chi connectivity index (χ0n) is 10.1. The van der Waals surface area contributed by atoms with Crippen molar-refractivity contribution in [2.45, 2.75) is 19.1 Å². The third-order valence-corrected chi connectivity index (χ3v) is 4.11. The molecule has 0 aromatic heterocycles. The second kappa shape index (κ2) is 5.53. The van der Waals surface area contributed by atoms with E-state index >= 15 is 0 Å². The molecule has 2 nitrogen and oxygen atoms in total. The molecule has 1 aliphatic heterocycles. The minimum atomic E-state index is -4.38. The van der Waals surface area contributed by atoms with Crippen LogP contribution in [0.4, 0.5) is 13.2 Å². The van der Waals surface area contributed by atoms with Crippen molar-refractivity contribution in [1.82, 2.24) is 4.90 Å². The van der Waals surface area contributed by atoms with E-state index in [-0.39, 0.29) is 23.9 Å². The molecule has 1 saturated heterocycles. The maximum atomic E-state index is 12.9. The monoisotopic (exact) mass is 335 g/mol. The van der Waals surface area contributed by atoms with E-state index in [1.54, 1.807) is 6.07 Å². The van der Waals surface area contributed by atoms with E-state index in [4.69, 9.17) is 0 Å². The number of carbonyl (C=O) groups excluding carboxylic acids is 1. The van der Waals surface area contributed by atoms with Gasteiger partial charge in [0.05, 0.1) is 5.56 Å². The van der Waals surface area contributed by atoms with Gasteiger partial charge in [0.15, 0.2) is 0 Å². The van der Waals surface area contributed by atoms with Gasteiger partial charge in [-0.2, -0.15) is 13.2 Å². The Morgan fingerprint density at radius 2 is 2.00 bits per heavy atom. The second-order valence-corrected chi connectivity index (χ2v) is 5.30. The highest BCUT2D eigenvalue weighted by molar-refractivity contribution is 9.09. The lowest BCUT2D eigenvalue weighted by Crippen LogP contribution is -2.26. The SMILES string of the molecule is O=C1CC(CBr)CN1Cc1ccccc1C(F)(F)F. The molecule has 1 amide bonds. The molecule has 0 aliphatic carbocycles. The Bertz CT molecular complexity index is 475. The van der Waals surface area contributed by atoms with Crippen LogP contribution in [-0.4, -0.2) is 22.7 Å². The zero-order valence-corrected chi connectivity index (χ0v) is 11.7. The van der Waals surface area contributed by atoms with Gasteiger partial charge in [-0.05, 0) is 17.5 Å². The first-order valence-corrected chi connectivity index (χ1v) is 7.03. The van der Waals surface area contributed by atoms with E-state index in [0.717, 1.165) is 6.07 Å². The van der Waals surface area contributed by atoms with Crippen LogP contribution in [0.15, 0.2) is 24.3 Å². The van der Waals surface area contributed by atoms with Crippen LogP contribution >= 0.6 is 15.9 Å². The Kier molecular flexibility index (Phi) is 4.18. The molecule has 0 radical (unpaired) electrons. The average Bonchev–Trinajstić information content (AvgIpc) is 2.70. The maximum absolute atomic E-state index is 12.9. The molecule has 1 aromatic carbocycles. The molecule has 1 aliphatic rings. The third-order valence-electron chi connectivity index (χ3n) is 3.20. The molecule has 19 heavy (non-hydrogen) atoms. The Labute approximate surface area is 117 Å². The van der Waals surface area contributed by atoms with Crippen molar-refractivity contribution in [3.05, 3.63) is 35.4 Å². The highest BCUT2D eigenvalue weighted by Crippen LogP contribution is 2.33. The van der Waals surface area contributed by atoms with Crippen molar-refractivity contribution in [3.63, 3.8) is 0 Å². The summed E-state index contributed by atoms with van der Waals surface area (Å²) in [6.45, 7) is 0.536. The molecule has 104 valence electrons. The van der Waals surface area contributed by atoms with E-state index < -0.39 is 11.7 Å². The number of likely N-dealkylation sites (tertiary alicyclic amines) is 1. The first-order valence-electron chi connectivity index (χ1n) is 5.90. The smallest absolute Gasteiger partial charge is 0.338 e. The van der Waals surface area contributed by atoms with Gasteiger partial charge in [0.25, 0.3) is 0 Å². The quantitative estimate of drug-likeness (QED) is 0.775. The van der Waals surface area contributed by atoms with Gasteiger partial charge in [0, 0.05) is 24.8 Å². The number of hydrogen-bond acceptors (Lipinski definition) is 1. The summed E-state index contributed by atoms with van der Waals surface area (Å²) in [6.07, 6.45) is -3.98. The van der Waals surface area contributed by atoms with Crippen LogP contribution in [0.2, 0.25) is 0 Å². The van der Waals surface area contributed by atoms with Gasteiger partial charge in [-0.15, -0.1) is 0 Å². The number of alkyl halides is 4. The highest BCUT2D eigenvalue weighted by Gasteiger charge is 2.35. The van der Waals surface area contributed by atoms with Gasteiger partial charge in [0.2, 0.25) is 5.91 Å². The highest BCUT2D eigenvalue weighted by atomic mass is 79.9. The van der Waals surface area contributed by atoms with Crippen LogP contribution in [0, 0.1) is 5.92 Å². The molecule has 0 bridgehead atoms.